The number of hydrogen-bond acceptors (Lipinski definition) is 5. The number of amides is 1. The largest absolute Gasteiger partial charge is 0.480 e. The van der Waals surface area contributed by atoms with Crippen LogP contribution in [0.1, 0.15) is 0 Å². The van der Waals surface area contributed by atoms with E-state index in [-0.39, 0.29) is 22.9 Å². The average Bonchev–Trinajstić information content (AvgIpc) is 2.34. The highest BCUT2D eigenvalue weighted by Gasteiger charge is 2.14. The Hall–Kier alpha value is -2.35. The number of carbonyl (C=O) groups excluding carboxylic acids is 1. The highest BCUT2D eigenvalue weighted by atomic mass is 35.5. The minimum absolute atomic E-state index is 0.125. The fraction of sp³-hybridized carbons (Fsp3) is 0.200. The summed E-state index contributed by atoms with van der Waals surface area (Å²) in [6.07, 6.45) is 0. The van der Waals surface area contributed by atoms with Crippen molar-refractivity contribution in [1.82, 2.24) is 5.32 Å². The molecule has 0 spiro atoms. The lowest BCUT2D eigenvalue weighted by Gasteiger charge is -2.07. The molecule has 0 heterocycles. The minimum atomic E-state index is -1.18. The van der Waals surface area contributed by atoms with Gasteiger partial charge in [-0.1, -0.05) is 11.6 Å². The molecule has 0 radical (unpaired) electrons. The van der Waals surface area contributed by atoms with E-state index >= 15 is 0 Å². The molecule has 0 saturated heterocycles. The van der Waals surface area contributed by atoms with Crippen molar-refractivity contribution in [3.8, 4) is 0 Å². The fourth-order valence-electron chi connectivity index (χ4n) is 1.22. The predicted octanol–water partition coefficient (Wildman–Crippen LogP) is 0.861. The lowest BCUT2D eigenvalue weighted by Crippen LogP contribution is -2.33. The number of rotatable bonds is 6. The van der Waals surface area contributed by atoms with Gasteiger partial charge in [0.25, 0.3) is 5.69 Å². The van der Waals surface area contributed by atoms with Crippen LogP contribution in [0.3, 0.4) is 0 Å². The van der Waals surface area contributed by atoms with Crippen LogP contribution in [0, 0.1) is 10.1 Å². The second kappa shape index (κ2) is 6.55. The molecule has 0 atom stereocenters. The maximum Gasteiger partial charge on any atom is 0.322 e. The summed E-state index contributed by atoms with van der Waals surface area (Å²) >= 11 is 5.63. The predicted molar refractivity (Wildman–Crippen MR) is 67.2 cm³/mol. The van der Waals surface area contributed by atoms with E-state index in [1.54, 1.807) is 0 Å². The van der Waals surface area contributed by atoms with Gasteiger partial charge in [0.15, 0.2) is 0 Å². The normalized spacial score (nSPS) is 9.74. The Morgan fingerprint density at radius 1 is 1.37 bits per heavy atom. The number of nitro groups is 1. The molecular formula is C10H10ClN3O5. The van der Waals surface area contributed by atoms with Crippen molar-refractivity contribution in [2.75, 3.05) is 18.4 Å². The first-order valence-corrected chi connectivity index (χ1v) is 5.44. The molecule has 3 N–H and O–H groups in total. The maximum absolute atomic E-state index is 11.2. The lowest BCUT2D eigenvalue weighted by atomic mass is 10.2. The number of benzene rings is 1. The van der Waals surface area contributed by atoms with Crippen LogP contribution in [0.25, 0.3) is 0 Å². The standard InChI is InChI=1S/C10H10ClN3O5/c11-6-1-2-7(8(3-6)14(18)19)12-4-9(15)13-5-10(16)17/h1-3,12H,4-5H2,(H,13,15)(H,16,17). The van der Waals surface area contributed by atoms with Crippen molar-refractivity contribution in [3.63, 3.8) is 0 Å². The SMILES string of the molecule is O=C(O)CNC(=O)CNc1ccc(Cl)cc1[N+](=O)[O-]. The molecule has 0 aliphatic carbocycles. The Morgan fingerprint density at radius 3 is 2.63 bits per heavy atom. The van der Waals surface area contributed by atoms with Crippen molar-refractivity contribution in [3.05, 3.63) is 33.3 Å². The van der Waals surface area contributed by atoms with Gasteiger partial charge >= 0.3 is 5.97 Å². The molecule has 1 aromatic carbocycles. The number of nitro benzene ring substituents is 1. The molecule has 1 amide bonds. The zero-order valence-electron chi connectivity index (χ0n) is 9.55. The summed E-state index contributed by atoms with van der Waals surface area (Å²) in [7, 11) is 0. The molecule has 0 aliphatic rings. The third-order valence-corrected chi connectivity index (χ3v) is 2.27. The first-order valence-electron chi connectivity index (χ1n) is 5.06. The van der Waals surface area contributed by atoms with Gasteiger partial charge in [-0.25, -0.2) is 0 Å². The zero-order valence-corrected chi connectivity index (χ0v) is 10.3. The summed E-state index contributed by atoms with van der Waals surface area (Å²) in [6, 6.07) is 3.95. The third-order valence-electron chi connectivity index (χ3n) is 2.03. The van der Waals surface area contributed by atoms with E-state index in [0.29, 0.717) is 0 Å². The number of anilines is 1. The molecule has 0 unspecified atom stereocenters. The van der Waals surface area contributed by atoms with E-state index in [1.807, 2.05) is 0 Å². The first-order chi connectivity index (χ1) is 8.90. The van der Waals surface area contributed by atoms with Gasteiger partial charge in [-0.3, -0.25) is 19.7 Å². The highest BCUT2D eigenvalue weighted by Crippen LogP contribution is 2.27. The molecule has 1 aromatic rings. The van der Waals surface area contributed by atoms with Gasteiger partial charge in [0.1, 0.15) is 12.2 Å². The van der Waals surface area contributed by atoms with Crippen molar-refractivity contribution < 1.29 is 19.6 Å². The quantitative estimate of drug-likeness (QED) is 0.527. The summed E-state index contributed by atoms with van der Waals surface area (Å²) in [5.74, 6) is -1.77. The first kappa shape index (κ1) is 14.7. The smallest absolute Gasteiger partial charge is 0.322 e. The summed E-state index contributed by atoms with van der Waals surface area (Å²) in [5, 5.41) is 24.0. The van der Waals surface area contributed by atoms with Crippen molar-refractivity contribution in [2.45, 2.75) is 0 Å². The van der Waals surface area contributed by atoms with Crippen LogP contribution in [0.15, 0.2) is 18.2 Å². The minimum Gasteiger partial charge on any atom is -0.480 e. The summed E-state index contributed by atoms with van der Waals surface area (Å²) in [6.45, 7) is -0.793. The Morgan fingerprint density at radius 2 is 2.05 bits per heavy atom. The summed E-state index contributed by atoms with van der Waals surface area (Å²) in [4.78, 5) is 31.6. The molecule has 1 rings (SSSR count). The second-order valence-electron chi connectivity index (χ2n) is 3.44. The van der Waals surface area contributed by atoms with Gasteiger partial charge in [-0.05, 0) is 12.1 Å². The van der Waals surface area contributed by atoms with Crippen LogP contribution < -0.4 is 10.6 Å². The third kappa shape index (κ3) is 4.80. The number of hydrogen-bond donors (Lipinski definition) is 3. The molecule has 19 heavy (non-hydrogen) atoms. The van der Waals surface area contributed by atoms with Crippen molar-refractivity contribution in [1.29, 1.82) is 0 Å². The van der Waals surface area contributed by atoms with E-state index in [2.05, 4.69) is 10.6 Å². The molecule has 0 fully saturated rings. The van der Waals surface area contributed by atoms with E-state index in [9.17, 15) is 19.7 Å². The number of carbonyl (C=O) groups is 2. The van der Waals surface area contributed by atoms with Crippen LogP contribution in [0.4, 0.5) is 11.4 Å². The number of aliphatic carboxylic acids is 1. The monoisotopic (exact) mass is 287 g/mol. The topological polar surface area (TPSA) is 122 Å². The Balaban J connectivity index is 2.65. The highest BCUT2D eigenvalue weighted by molar-refractivity contribution is 6.30. The van der Waals surface area contributed by atoms with Gasteiger partial charge in [0, 0.05) is 11.1 Å². The van der Waals surface area contributed by atoms with Crippen LogP contribution in [0.5, 0.6) is 0 Å². The van der Waals surface area contributed by atoms with E-state index in [0.717, 1.165) is 6.07 Å². The Kier molecular flexibility index (Phi) is 5.07. The number of nitrogens with one attached hydrogen (secondary N) is 2. The number of nitrogens with zero attached hydrogens (tertiary/aromatic N) is 1. The summed E-state index contributed by atoms with van der Waals surface area (Å²) in [5.41, 5.74) is -0.140. The van der Waals surface area contributed by atoms with Crippen LogP contribution in [-0.2, 0) is 9.59 Å². The van der Waals surface area contributed by atoms with E-state index in [4.69, 9.17) is 16.7 Å². The second-order valence-corrected chi connectivity index (χ2v) is 3.88. The molecule has 8 nitrogen and oxygen atoms in total. The van der Waals surface area contributed by atoms with E-state index in [1.165, 1.54) is 12.1 Å². The molecular weight excluding hydrogens is 278 g/mol. The van der Waals surface area contributed by atoms with Gasteiger partial charge in [0.2, 0.25) is 5.91 Å². The van der Waals surface area contributed by atoms with Crippen LogP contribution >= 0.6 is 11.6 Å². The lowest BCUT2D eigenvalue weighted by molar-refractivity contribution is -0.383. The molecule has 0 saturated carbocycles. The molecule has 102 valence electrons. The molecule has 0 aliphatic heterocycles. The summed E-state index contributed by atoms with van der Waals surface area (Å²) < 4.78 is 0. The Bertz CT molecular complexity index is 520. The van der Waals surface area contributed by atoms with Crippen LogP contribution in [0.2, 0.25) is 5.02 Å². The fourth-order valence-corrected chi connectivity index (χ4v) is 1.38. The average molecular weight is 288 g/mol. The number of carboxylic acids is 1. The van der Waals surface area contributed by atoms with Crippen LogP contribution in [-0.4, -0.2) is 35.0 Å². The van der Waals surface area contributed by atoms with Gasteiger partial charge in [-0.2, -0.15) is 0 Å². The van der Waals surface area contributed by atoms with Gasteiger partial charge in [-0.15, -0.1) is 0 Å². The van der Waals surface area contributed by atoms with Crippen molar-refractivity contribution in [2.24, 2.45) is 0 Å². The number of carboxylic acid groups (broad SMARTS) is 1. The van der Waals surface area contributed by atoms with E-state index < -0.39 is 23.3 Å². The number of halogens is 1. The molecule has 0 bridgehead atoms. The zero-order chi connectivity index (χ0) is 14.4. The molecule has 0 aromatic heterocycles. The Labute approximate surface area is 112 Å². The maximum atomic E-state index is 11.2. The van der Waals surface area contributed by atoms with Gasteiger partial charge < -0.3 is 15.7 Å². The van der Waals surface area contributed by atoms with Crippen molar-refractivity contribution >= 4 is 34.9 Å². The van der Waals surface area contributed by atoms with Gasteiger partial charge in [0.05, 0.1) is 11.5 Å². The molecule has 9 heteroatoms.